The fraction of sp³-hybridized carbons (Fsp3) is 0.312. The Hall–Kier alpha value is -2.21. The third-order valence-electron chi connectivity index (χ3n) is 3.28. The van der Waals surface area contributed by atoms with Crippen LogP contribution >= 0.6 is 11.3 Å². The van der Waals surface area contributed by atoms with Crippen molar-refractivity contribution >= 4 is 17.4 Å². The molecule has 2 rings (SSSR count). The topological polar surface area (TPSA) is 59.6 Å². The van der Waals surface area contributed by atoms with Crippen molar-refractivity contribution in [2.45, 2.75) is 20.0 Å². The summed E-state index contributed by atoms with van der Waals surface area (Å²) in [6.07, 6.45) is 0. The predicted molar refractivity (Wildman–Crippen MR) is 87.7 cm³/mol. The van der Waals surface area contributed by atoms with Gasteiger partial charge >= 0.3 is 6.03 Å². The minimum absolute atomic E-state index is 0.192. The lowest BCUT2D eigenvalue weighted by molar-refractivity contribution is 0.240. The molecule has 0 aliphatic carbocycles. The molecule has 0 radical (unpaired) electrons. The quantitative estimate of drug-likeness (QED) is 0.860. The molecule has 22 heavy (non-hydrogen) atoms. The van der Waals surface area contributed by atoms with Crippen LogP contribution in [0.2, 0.25) is 0 Å². The molecule has 2 N–H and O–H groups in total. The number of carbonyl (C=O) groups is 1. The van der Waals surface area contributed by atoms with E-state index in [1.807, 2.05) is 36.6 Å². The number of benzene rings is 1. The van der Waals surface area contributed by atoms with E-state index in [2.05, 4.69) is 10.6 Å². The van der Waals surface area contributed by atoms with Crippen LogP contribution in [-0.4, -0.2) is 20.3 Å². The van der Waals surface area contributed by atoms with E-state index >= 15 is 0 Å². The third-order valence-corrected chi connectivity index (χ3v) is 4.30. The van der Waals surface area contributed by atoms with Gasteiger partial charge in [-0.25, -0.2) is 4.79 Å². The van der Waals surface area contributed by atoms with E-state index in [1.165, 1.54) is 10.4 Å². The average molecular weight is 320 g/mol. The maximum atomic E-state index is 11.8. The van der Waals surface area contributed by atoms with Crippen molar-refractivity contribution in [1.29, 1.82) is 0 Å². The predicted octanol–water partition coefficient (Wildman–Crippen LogP) is 3.07. The first-order chi connectivity index (χ1) is 10.6. The van der Waals surface area contributed by atoms with Crippen LogP contribution in [0.5, 0.6) is 11.5 Å². The standard InChI is InChI=1S/C16H20N2O3S/c1-11-6-7-22-15(11)10-18-16(19)17-9-12-4-5-13(20-2)14(8-12)21-3/h4-8H,9-10H2,1-3H3,(H2,17,18,19). The number of aryl methyl sites for hydroxylation is 1. The van der Waals surface area contributed by atoms with Crippen LogP contribution < -0.4 is 20.1 Å². The maximum Gasteiger partial charge on any atom is 0.315 e. The molecule has 2 amide bonds. The number of rotatable bonds is 6. The van der Waals surface area contributed by atoms with Crippen molar-refractivity contribution in [1.82, 2.24) is 10.6 Å². The van der Waals surface area contributed by atoms with Crippen molar-refractivity contribution in [2.75, 3.05) is 14.2 Å². The molecule has 0 fully saturated rings. The lowest BCUT2D eigenvalue weighted by atomic mass is 10.2. The van der Waals surface area contributed by atoms with Gasteiger partial charge in [-0.1, -0.05) is 6.07 Å². The van der Waals surface area contributed by atoms with Crippen LogP contribution in [0.1, 0.15) is 16.0 Å². The number of amides is 2. The summed E-state index contributed by atoms with van der Waals surface area (Å²) in [5, 5.41) is 7.70. The highest BCUT2D eigenvalue weighted by Gasteiger charge is 2.07. The van der Waals surface area contributed by atoms with E-state index in [9.17, 15) is 4.79 Å². The molecule has 0 bridgehead atoms. The molecule has 0 aliphatic heterocycles. The van der Waals surface area contributed by atoms with Crippen LogP contribution in [0.3, 0.4) is 0 Å². The normalized spacial score (nSPS) is 10.1. The van der Waals surface area contributed by atoms with Gasteiger partial charge in [0.15, 0.2) is 11.5 Å². The molecule has 1 heterocycles. The Morgan fingerprint density at radius 3 is 2.45 bits per heavy atom. The van der Waals surface area contributed by atoms with Crippen LogP contribution in [0, 0.1) is 6.92 Å². The van der Waals surface area contributed by atoms with Crippen molar-refractivity contribution in [3.05, 3.63) is 45.6 Å². The zero-order chi connectivity index (χ0) is 15.9. The Balaban J connectivity index is 1.84. The first-order valence-electron chi connectivity index (χ1n) is 6.89. The number of hydrogen-bond acceptors (Lipinski definition) is 4. The average Bonchev–Trinajstić information content (AvgIpc) is 2.95. The fourth-order valence-corrected chi connectivity index (χ4v) is 2.83. The highest BCUT2D eigenvalue weighted by atomic mass is 32.1. The first-order valence-corrected chi connectivity index (χ1v) is 7.77. The summed E-state index contributed by atoms with van der Waals surface area (Å²) < 4.78 is 10.4. The molecule has 0 spiro atoms. The maximum absolute atomic E-state index is 11.8. The van der Waals surface area contributed by atoms with Crippen molar-refractivity contribution < 1.29 is 14.3 Å². The van der Waals surface area contributed by atoms with E-state index in [-0.39, 0.29) is 6.03 Å². The summed E-state index contributed by atoms with van der Waals surface area (Å²) >= 11 is 1.64. The van der Waals surface area contributed by atoms with Crippen LogP contribution in [0.15, 0.2) is 29.6 Å². The van der Waals surface area contributed by atoms with E-state index in [0.29, 0.717) is 24.6 Å². The second kappa shape index (κ2) is 7.70. The van der Waals surface area contributed by atoms with Gasteiger partial charge in [-0.2, -0.15) is 0 Å². The van der Waals surface area contributed by atoms with Crippen LogP contribution in [-0.2, 0) is 13.1 Å². The summed E-state index contributed by atoms with van der Waals surface area (Å²) in [6, 6.07) is 7.42. The van der Waals surface area contributed by atoms with Crippen LogP contribution in [0.4, 0.5) is 4.79 Å². The number of carbonyl (C=O) groups excluding carboxylic acids is 1. The SMILES string of the molecule is COc1ccc(CNC(=O)NCc2sccc2C)cc1OC. The second-order valence-electron chi connectivity index (χ2n) is 4.75. The Labute approximate surface area is 134 Å². The number of ether oxygens (including phenoxy) is 2. The monoisotopic (exact) mass is 320 g/mol. The number of urea groups is 1. The third kappa shape index (κ3) is 4.14. The highest BCUT2D eigenvalue weighted by Crippen LogP contribution is 2.27. The Bertz CT molecular complexity index is 640. The molecule has 0 saturated carbocycles. The smallest absolute Gasteiger partial charge is 0.315 e. The molecular formula is C16H20N2O3S. The van der Waals surface area contributed by atoms with Gasteiger partial charge in [0.05, 0.1) is 20.8 Å². The van der Waals surface area contributed by atoms with E-state index < -0.39 is 0 Å². The zero-order valence-electron chi connectivity index (χ0n) is 12.9. The lowest BCUT2D eigenvalue weighted by Crippen LogP contribution is -2.34. The van der Waals surface area contributed by atoms with Gasteiger partial charge in [0.25, 0.3) is 0 Å². The van der Waals surface area contributed by atoms with Gasteiger partial charge in [-0.15, -0.1) is 11.3 Å². The summed E-state index contributed by atoms with van der Waals surface area (Å²) in [6.45, 7) is 3.01. The molecule has 0 aliphatic rings. The number of thiophene rings is 1. The number of hydrogen-bond donors (Lipinski definition) is 2. The highest BCUT2D eigenvalue weighted by molar-refractivity contribution is 7.10. The van der Waals surface area contributed by atoms with E-state index in [4.69, 9.17) is 9.47 Å². The molecule has 0 unspecified atom stereocenters. The van der Waals surface area contributed by atoms with Gasteiger partial charge in [0.2, 0.25) is 0 Å². The van der Waals surface area contributed by atoms with Gasteiger partial charge in [-0.05, 0) is 41.6 Å². The van der Waals surface area contributed by atoms with Gasteiger partial charge in [-0.3, -0.25) is 0 Å². The van der Waals surface area contributed by atoms with Gasteiger partial charge in [0, 0.05) is 11.4 Å². The van der Waals surface area contributed by atoms with Crippen LogP contribution in [0.25, 0.3) is 0 Å². The molecular weight excluding hydrogens is 300 g/mol. The molecule has 118 valence electrons. The summed E-state index contributed by atoms with van der Waals surface area (Å²) in [5.41, 5.74) is 2.14. The molecule has 1 aromatic carbocycles. The first kappa shape index (κ1) is 16.2. The van der Waals surface area contributed by atoms with E-state index in [0.717, 1.165) is 5.56 Å². The summed E-state index contributed by atoms with van der Waals surface area (Å²) in [7, 11) is 3.18. The van der Waals surface area contributed by atoms with Gasteiger partial charge in [0.1, 0.15) is 0 Å². The molecule has 1 aromatic heterocycles. The largest absolute Gasteiger partial charge is 0.493 e. The Morgan fingerprint density at radius 2 is 1.82 bits per heavy atom. The number of nitrogens with one attached hydrogen (secondary N) is 2. The molecule has 5 nitrogen and oxygen atoms in total. The minimum Gasteiger partial charge on any atom is -0.493 e. The Kier molecular flexibility index (Phi) is 5.66. The van der Waals surface area contributed by atoms with Crippen molar-refractivity contribution in [2.24, 2.45) is 0 Å². The van der Waals surface area contributed by atoms with Crippen molar-refractivity contribution in [3.63, 3.8) is 0 Å². The molecule has 0 atom stereocenters. The van der Waals surface area contributed by atoms with Crippen molar-refractivity contribution in [3.8, 4) is 11.5 Å². The fourth-order valence-electron chi connectivity index (χ4n) is 1.98. The Morgan fingerprint density at radius 1 is 1.09 bits per heavy atom. The lowest BCUT2D eigenvalue weighted by Gasteiger charge is -2.11. The summed E-state index contributed by atoms with van der Waals surface area (Å²) in [4.78, 5) is 13.0. The molecule has 6 heteroatoms. The summed E-state index contributed by atoms with van der Waals surface area (Å²) in [5.74, 6) is 1.32. The van der Waals surface area contributed by atoms with E-state index in [1.54, 1.807) is 25.6 Å². The van der Waals surface area contributed by atoms with Gasteiger partial charge < -0.3 is 20.1 Å². The molecule has 2 aromatic rings. The number of methoxy groups -OCH3 is 2. The minimum atomic E-state index is -0.192. The molecule has 0 saturated heterocycles. The zero-order valence-corrected chi connectivity index (χ0v) is 13.8. The second-order valence-corrected chi connectivity index (χ2v) is 5.75.